The van der Waals surface area contributed by atoms with Crippen molar-refractivity contribution in [2.75, 3.05) is 11.9 Å². The Morgan fingerprint density at radius 2 is 2.16 bits per heavy atom. The van der Waals surface area contributed by atoms with E-state index in [0.717, 1.165) is 0 Å². The molecule has 1 aliphatic rings. The molecule has 7 heteroatoms. The van der Waals surface area contributed by atoms with E-state index in [1.807, 2.05) is 0 Å². The summed E-state index contributed by atoms with van der Waals surface area (Å²) in [4.78, 5) is 22.6. The van der Waals surface area contributed by atoms with Crippen molar-refractivity contribution in [3.63, 3.8) is 0 Å². The smallest absolute Gasteiger partial charge is 0.335 e. The fourth-order valence-corrected chi connectivity index (χ4v) is 2.11. The van der Waals surface area contributed by atoms with E-state index in [9.17, 15) is 14.7 Å². The summed E-state index contributed by atoms with van der Waals surface area (Å²) in [6.07, 6.45) is -0.183. The highest BCUT2D eigenvalue weighted by Crippen LogP contribution is 2.23. The van der Waals surface area contributed by atoms with Gasteiger partial charge in [0, 0.05) is 6.54 Å². The van der Waals surface area contributed by atoms with E-state index >= 15 is 0 Å². The van der Waals surface area contributed by atoms with Gasteiger partial charge in [-0.3, -0.25) is 4.79 Å². The second-order valence-electron chi connectivity index (χ2n) is 4.34. The fraction of sp³-hybridized carbons (Fsp3) is 0.333. The van der Waals surface area contributed by atoms with Gasteiger partial charge in [-0.15, -0.1) is 0 Å². The maximum atomic E-state index is 11.9. The van der Waals surface area contributed by atoms with Gasteiger partial charge in [-0.05, 0) is 24.6 Å². The van der Waals surface area contributed by atoms with Gasteiger partial charge in [0.2, 0.25) is 5.91 Å². The number of hydrogen-bond donors (Lipinski definition) is 4. The number of aromatic carboxylic acids is 1. The molecule has 0 saturated carbocycles. The Bertz CT molecular complexity index is 520. The van der Waals surface area contributed by atoms with Crippen molar-refractivity contribution >= 4 is 29.2 Å². The quantitative estimate of drug-likeness (QED) is 0.655. The molecule has 2 unspecified atom stereocenters. The van der Waals surface area contributed by atoms with Crippen LogP contribution in [0.1, 0.15) is 16.8 Å². The maximum absolute atomic E-state index is 11.9. The Morgan fingerprint density at radius 1 is 1.42 bits per heavy atom. The Labute approximate surface area is 114 Å². The number of benzene rings is 1. The van der Waals surface area contributed by atoms with E-state index in [1.165, 1.54) is 18.2 Å². The standard InChI is InChI=1S/C12H13ClN2O4/c13-8-3-6(12(18)19)1-2-9(8)15-11(17)10-4-7(16)5-14-10/h1-3,7,10,14,16H,4-5H2,(H,15,17)(H,18,19). The zero-order valence-corrected chi connectivity index (χ0v) is 10.6. The van der Waals surface area contributed by atoms with Crippen LogP contribution < -0.4 is 10.6 Å². The monoisotopic (exact) mass is 284 g/mol. The number of aliphatic hydroxyl groups excluding tert-OH is 1. The van der Waals surface area contributed by atoms with Crippen molar-refractivity contribution in [1.29, 1.82) is 0 Å². The molecule has 1 saturated heterocycles. The topological polar surface area (TPSA) is 98.7 Å². The van der Waals surface area contributed by atoms with Gasteiger partial charge in [0.25, 0.3) is 0 Å². The molecule has 1 amide bonds. The van der Waals surface area contributed by atoms with Gasteiger partial charge in [0.15, 0.2) is 0 Å². The van der Waals surface area contributed by atoms with Crippen LogP contribution in [0.4, 0.5) is 5.69 Å². The second-order valence-corrected chi connectivity index (χ2v) is 4.75. The molecular formula is C12H13ClN2O4. The minimum Gasteiger partial charge on any atom is -0.478 e. The Morgan fingerprint density at radius 3 is 2.68 bits per heavy atom. The molecule has 1 heterocycles. The molecule has 6 nitrogen and oxygen atoms in total. The number of amides is 1. The molecule has 0 aliphatic carbocycles. The molecule has 102 valence electrons. The number of nitrogens with one attached hydrogen (secondary N) is 2. The first-order chi connectivity index (χ1) is 8.97. The molecule has 4 N–H and O–H groups in total. The normalized spacial score (nSPS) is 22.2. The number of halogens is 1. The third-order valence-electron chi connectivity index (χ3n) is 2.90. The molecule has 0 aromatic heterocycles. The first-order valence-corrected chi connectivity index (χ1v) is 6.10. The largest absolute Gasteiger partial charge is 0.478 e. The number of carboxylic acids is 1. The first kappa shape index (κ1) is 13.8. The van der Waals surface area contributed by atoms with Gasteiger partial charge in [-0.25, -0.2) is 4.79 Å². The van der Waals surface area contributed by atoms with Gasteiger partial charge in [-0.1, -0.05) is 11.6 Å². The summed E-state index contributed by atoms with van der Waals surface area (Å²) < 4.78 is 0. The zero-order valence-electron chi connectivity index (χ0n) is 9.89. The zero-order chi connectivity index (χ0) is 14.0. The van der Waals surface area contributed by atoms with E-state index in [-0.39, 0.29) is 16.5 Å². The van der Waals surface area contributed by atoms with Crippen LogP contribution in [0.3, 0.4) is 0 Å². The average molecular weight is 285 g/mol. The lowest BCUT2D eigenvalue weighted by Gasteiger charge is -2.12. The van der Waals surface area contributed by atoms with Crippen molar-refractivity contribution in [2.24, 2.45) is 0 Å². The lowest BCUT2D eigenvalue weighted by Crippen LogP contribution is -2.35. The minimum absolute atomic E-state index is 0.0532. The van der Waals surface area contributed by atoms with Gasteiger partial charge < -0.3 is 20.8 Å². The number of hydrogen-bond acceptors (Lipinski definition) is 4. The average Bonchev–Trinajstić information content (AvgIpc) is 2.78. The molecule has 2 rings (SSSR count). The summed E-state index contributed by atoms with van der Waals surface area (Å²) in [6, 6.07) is 3.61. The highest BCUT2D eigenvalue weighted by Gasteiger charge is 2.28. The Hall–Kier alpha value is -1.63. The highest BCUT2D eigenvalue weighted by molar-refractivity contribution is 6.34. The molecular weight excluding hydrogens is 272 g/mol. The van der Waals surface area contributed by atoms with Crippen molar-refractivity contribution in [3.05, 3.63) is 28.8 Å². The van der Waals surface area contributed by atoms with Crippen LogP contribution in [-0.4, -0.2) is 40.8 Å². The molecule has 1 aromatic rings. The Balaban J connectivity index is 2.07. The maximum Gasteiger partial charge on any atom is 0.335 e. The Kier molecular flexibility index (Phi) is 4.04. The summed E-state index contributed by atoms with van der Waals surface area (Å²) in [5.41, 5.74) is 0.400. The lowest BCUT2D eigenvalue weighted by atomic mass is 10.1. The summed E-state index contributed by atoms with van der Waals surface area (Å²) in [5.74, 6) is -1.39. The molecule has 1 fully saturated rings. The van der Waals surface area contributed by atoms with Crippen molar-refractivity contribution < 1.29 is 19.8 Å². The van der Waals surface area contributed by atoms with Crippen molar-refractivity contribution in [3.8, 4) is 0 Å². The van der Waals surface area contributed by atoms with E-state index in [4.69, 9.17) is 16.7 Å². The van der Waals surface area contributed by atoms with Gasteiger partial charge >= 0.3 is 5.97 Å². The van der Waals surface area contributed by atoms with Crippen LogP contribution in [0.25, 0.3) is 0 Å². The van der Waals surface area contributed by atoms with Crippen LogP contribution in [0.2, 0.25) is 5.02 Å². The van der Waals surface area contributed by atoms with Crippen LogP contribution in [0.15, 0.2) is 18.2 Å². The third kappa shape index (κ3) is 3.23. The molecule has 19 heavy (non-hydrogen) atoms. The van der Waals surface area contributed by atoms with Crippen LogP contribution >= 0.6 is 11.6 Å². The van der Waals surface area contributed by atoms with Crippen molar-refractivity contribution in [1.82, 2.24) is 5.32 Å². The summed E-state index contributed by atoms with van der Waals surface area (Å²) in [6.45, 7) is 0.379. The molecule has 0 bridgehead atoms. The number of aliphatic hydroxyl groups is 1. The number of carbonyl (C=O) groups is 2. The lowest BCUT2D eigenvalue weighted by molar-refractivity contribution is -0.117. The van der Waals surface area contributed by atoms with Crippen LogP contribution in [0.5, 0.6) is 0 Å². The molecule has 0 spiro atoms. The van der Waals surface area contributed by atoms with Gasteiger partial charge in [0.05, 0.1) is 28.4 Å². The predicted molar refractivity (Wildman–Crippen MR) is 69.5 cm³/mol. The molecule has 1 aliphatic heterocycles. The summed E-state index contributed by atoms with van der Waals surface area (Å²) in [7, 11) is 0. The van der Waals surface area contributed by atoms with Crippen LogP contribution in [-0.2, 0) is 4.79 Å². The van der Waals surface area contributed by atoms with Gasteiger partial charge in [-0.2, -0.15) is 0 Å². The van der Waals surface area contributed by atoms with E-state index in [2.05, 4.69) is 10.6 Å². The second kappa shape index (κ2) is 5.56. The number of carbonyl (C=O) groups excluding carboxylic acids is 1. The predicted octanol–water partition coefficient (Wildman–Crippen LogP) is 0.700. The first-order valence-electron chi connectivity index (χ1n) is 5.72. The number of carboxylic acid groups (broad SMARTS) is 1. The van der Waals surface area contributed by atoms with Crippen LogP contribution in [0, 0.1) is 0 Å². The number of β-amino-alcohol motifs (C(OH)–C–C–N with tert-alkyl or cyclic N) is 1. The van der Waals surface area contributed by atoms with Crippen molar-refractivity contribution in [2.45, 2.75) is 18.6 Å². The van der Waals surface area contributed by atoms with E-state index < -0.39 is 18.1 Å². The minimum atomic E-state index is -1.08. The summed E-state index contributed by atoms with van der Waals surface area (Å²) in [5, 5.41) is 23.8. The van der Waals surface area contributed by atoms with Gasteiger partial charge in [0.1, 0.15) is 0 Å². The van der Waals surface area contributed by atoms with E-state index in [1.54, 1.807) is 0 Å². The summed E-state index contributed by atoms with van der Waals surface area (Å²) >= 11 is 5.91. The molecule has 0 radical (unpaired) electrons. The SMILES string of the molecule is O=C(O)c1ccc(NC(=O)C2CC(O)CN2)c(Cl)c1. The third-order valence-corrected chi connectivity index (χ3v) is 3.21. The fourth-order valence-electron chi connectivity index (χ4n) is 1.89. The number of anilines is 1. The van der Waals surface area contributed by atoms with E-state index in [0.29, 0.717) is 18.7 Å². The molecule has 1 aromatic carbocycles. The number of rotatable bonds is 3. The molecule has 2 atom stereocenters. The highest BCUT2D eigenvalue weighted by atomic mass is 35.5.